The fourth-order valence-electron chi connectivity index (χ4n) is 2.14. The molecule has 0 amide bonds. The molecule has 0 spiro atoms. The Morgan fingerprint density at radius 2 is 1.88 bits per heavy atom. The van der Waals surface area contributed by atoms with Gasteiger partial charge in [0.1, 0.15) is 0 Å². The van der Waals surface area contributed by atoms with E-state index in [1.165, 1.54) is 11.1 Å². The zero-order chi connectivity index (χ0) is 12.3. The first-order chi connectivity index (χ1) is 8.24. The Morgan fingerprint density at radius 3 is 2.59 bits per heavy atom. The first-order valence-corrected chi connectivity index (χ1v) is 6.37. The zero-order valence-corrected chi connectivity index (χ0v) is 10.8. The van der Waals surface area contributed by atoms with Gasteiger partial charge < -0.3 is 5.32 Å². The molecule has 0 aliphatic rings. The Morgan fingerprint density at radius 1 is 1.18 bits per heavy atom. The molecule has 2 rings (SSSR count). The van der Waals surface area contributed by atoms with E-state index in [0.717, 1.165) is 24.1 Å². The van der Waals surface area contributed by atoms with Gasteiger partial charge in [-0.1, -0.05) is 32.0 Å². The number of hydrogen-bond donors (Lipinski definition) is 1. The van der Waals surface area contributed by atoms with Crippen molar-refractivity contribution in [2.75, 3.05) is 5.32 Å². The Balaban J connectivity index is 2.44. The SMILES string of the molecule is CCC(CC)Nc1cc(C)nc2ccccc12. The first-order valence-electron chi connectivity index (χ1n) is 6.37. The quantitative estimate of drug-likeness (QED) is 0.850. The Hall–Kier alpha value is -1.57. The minimum absolute atomic E-state index is 0.542. The van der Waals surface area contributed by atoms with Crippen molar-refractivity contribution in [2.24, 2.45) is 0 Å². The highest BCUT2D eigenvalue weighted by Gasteiger charge is 2.07. The maximum atomic E-state index is 4.56. The lowest BCUT2D eigenvalue weighted by Gasteiger charge is -2.18. The van der Waals surface area contributed by atoms with Gasteiger partial charge in [-0.25, -0.2) is 0 Å². The van der Waals surface area contributed by atoms with Crippen molar-refractivity contribution in [1.82, 2.24) is 4.98 Å². The molecule has 0 saturated carbocycles. The number of benzene rings is 1. The van der Waals surface area contributed by atoms with Gasteiger partial charge in [-0.2, -0.15) is 0 Å². The van der Waals surface area contributed by atoms with Gasteiger partial charge in [0.25, 0.3) is 0 Å². The monoisotopic (exact) mass is 228 g/mol. The second-order valence-electron chi connectivity index (χ2n) is 4.49. The number of fused-ring (bicyclic) bond motifs is 1. The molecule has 90 valence electrons. The van der Waals surface area contributed by atoms with E-state index in [2.05, 4.69) is 48.4 Å². The summed E-state index contributed by atoms with van der Waals surface area (Å²) in [4.78, 5) is 4.56. The summed E-state index contributed by atoms with van der Waals surface area (Å²) in [5.74, 6) is 0. The van der Waals surface area contributed by atoms with Gasteiger partial charge in [0.05, 0.1) is 5.52 Å². The summed E-state index contributed by atoms with van der Waals surface area (Å²) in [5, 5.41) is 4.84. The van der Waals surface area contributed by atoms with Gasteiger partial charge in [-0.05, 0) is 31.9 Å². The molecule has 0 radical (unpaired) electrons. The number of aromatic nitrogens is 1. The highest BCUT2D eigenvalue weighted by Crippen LogP contribution is 2.24. The number of aryl methyl sites for hydroxylation is 1. The van der Waals surface area contributed by atoms with Gasteiger partial charge >= 0.3 is 0 Å². The third kappa shape index (κ3) is 2.57. The Labute approximate surface area is 103 Å². The predicted octanol–water partition coefficient (Wildman–Crippen LogP) is 4.14. The maximum Gasteiger partial charge on any atom is 0.0725 e. The van der Waals surface area contributed by atoms with Crippen LogP contribution in [0.4, 0.5) is 5.69 Å². The molecule has 0 unspecified atom stereocenters. The van der Waals surface area contributed by atoms with Crippen LogP contribution in [0.2, 0.25) is 0 Å². The summed E-state index contributed by atoms with van der Waals surface area (Å²) in [6, 6.07) is 11.0. The average Bonchev–Trinajstić information content (AvgIpc) is 2.35. The zero-order valence-electron chi connectivity index (χ0n) is 10.8. The second kappa shape index (κ2) is 5.17. The molecule has 1 heterocycles. The number of anilines is 1. The van der Waals surface area contributed by atoms with E-state index in [4.69, 9.17) is 0 Å². The van der Waals surface area contributed by atoms with Gasteiger partial charge in [0, 0.05) is 22.8 Å². The third-order valence-electron chi connectivity index (χ3n) is 3.19. The molecule has 0 atom stereocenters. The molecule has 1 aromatic carbocycles. The Bertz CT molecular complexity index is 501. The third-order valence-corrected chi connectivity index (χ3v) is 3.19. The highest BCUT2D eigenvalue weighted by atomic mass is 14.9. The van der Waals surface area contributed by atoms with Crippen LogP contribution in [0.3, 0.4) is 0 Å². The fourth-order valence-corrected chi connectivity index (χ4v) is 2.14. The second-order valence-corrected chi connectivity index (χ2v) is 4.49. The number of para-hydroxylation sites is 1. The molecule has 2 heteroatoms. The van der Waals surface area contributed by atoms with Crippen LogP contribution in [-0.4, -0.2) is 11.0 Å². The van der Waals surface area contributed by atoms with Crippen LogP contribution < -0.4 is 5.32 Å². The highest BCUT2D eigenvalue weighted by molar-refractivity contribution is 5.91. The van der Waals surface area contributed by atoms with E-state index in [1.807, 2.05) is 13.0 Å². The largest absolute Gasteiger partial charge is 0.382 e. The number of hydrogen-bond acceptors (Lipinski definition) is 2. The van der Waals surface area contributed by atoms with E-state index in [-0.39, 0.29) is 0 Å². The van der Waals surface area contributed by atoms with E-state index >= 15 is 0 Å². The molecule has 1 aromatic heterocycles. The van der Waals surface area contributed by atoms with Crippen molar-refractivity contribution in [3.8, 4) is 0 Å². The molecule has 2 nitrogen and oxygen atoms in total. The molecule has 0 fully saturated rings. The van der Waals surface area contributed by atoms with E-state index in [1.54, 1.807) is 0 Å². The van der Waals surface area contributed by atoms with Crippen LogP contribution in [0, 0.1) is 6.92 Å². The summed E-state index contributed by atoms with van der Waals surface area (Å²) < 4.78 is 0. The van der Waals surface area contributed by atoms with Gasteiger partial charge in [0.2, 0.25) is 0 Å². The maximum absolute atomic E-state index is 4.56. The summed E-state index contributed by atoms with van der Waals surface area (Å²) in [5.41, 5.74) is 3.35. The van der Waals surface area contributed by atoms with Crippen LogP contribution in [0.15, 0.2) is 30.3 Å². The molecule has 0 bridgehead atoms. The van der Waals surface area contributed by atoms with Gasteiger partial charge in [-0.3, -0.25) is 4.98 Å². The van der Waals surface area contributed by atoms with Crippen molar-refractivity contribution >= 4 is 16.6 Å². The van der Waals surface area contributed by atoms with Crippen LogP contribution in [0.1, 0.15) is 32.4 Å². The lowest BCUT2D eigenvalue weighted by molar-refractivity contribution is 0.672. The van der Waals surface area contributed by atoms with Crippen LogP contribution >= 0.6 is 0 Å². The molecule has 0 aliphatic heterocycles. The minimum Gasteiger partial charge on any atom is -0.382 e. The van der Waals surface area contributed by atoms with Crippen molar-refractivity contribution in [3.63, 3.8) is 0 Å². The molecule has 17 heavy (non-hydrogen) atoms. The fraction of sp³-hybridized carbons (Fsp3) is 0.400. The van der Waals surface area contributed by atoms with E-state index in [9.17, 15) is 0 Å². The number of rotatable bonds is 4. The summed E-state index contributed by atoms with van der Waals surface area (Å²) in [7, 11) is 0. The van der Waals surface area contributed by atoms with E-state index in [0.29, 0.717) is 6.04 Å². The van der Waals surface area contributed by atoms with E-state index < -0.39 is 0 Å². The lowest BCUT2D eigenvalue weighted by Crippen LogP contribution is -2.17. The standard InChI is InChI=1S/C15H20N2/c1-4-12(5-2)17-15-10-11(3)16-14-9-7-6-8-13(14)15/h6-10,12H,4-5H2,1-3H3,(H,16,17). The minimum atomic E-state index is 0.542. The molecule has 1 N–H and O–H groups in total. The predicted molar refractivity (Wildman–Crippen MR) is 74.5 cm³/mol. The van der Waals surface area contributed by atoms with Crippen LogP contribution in [-0.2, 0) is 0 Å². The van der Waals surface area contributed by atoms with Crippen LogP contribution in [0.5, 0.6) is 0 Å². The average molecular weight is 228 g/mol. The summed E-state index contributed by atoms with van der Waals surface area (Å²) in [6.07, 6.45) is 2.29. The van der Waals surface area contributed by atoms with Gasteiger partial charge in [0.15, 0.2) is 0 Å². The normalized spacial score (nSPS) is 11.1. The first kappa shape index (κ1) is 11.9. The van der Waals surface area contributed by atoms with Crippen LogP contribution in [0.25, 0.3) is 10.9 Å². The summed E-state index contributed by atoms with van der Waals surface area (Å²) in [6.45, 7) is 6.49. The number of nitrogens with one attached hydrogen (secondary N) is 1. The molecular formula is C15H20N2. The summed E-state index contributed by atoms with van der Waals surface area (Å²) >= 11 is 0. The Kier molecular flexibility index (Phi) is 3.62. The molecule has 0 saturated heterocycles. The van der Waals surface area contributed by atoms with Crippen molar-refractivity contribution in [1.29, 1.82) is 0 Å². The van der Waals surface area contributed by atoms with Crippen molar-refractivity contribution in [3.05, 3.63) is 36.0 Å². The molecule has 0 aliphatic carbocycles. The number of nitrogens with zero attached hydrogens (tertiary/aromatic N) is 1. The molecule has 2 aromatic rings. The topological polar surface area (TPSA) is 24.9 Å². The van der Waals surface area contributed by atoms with Crippen molar-refractivity contribution in [2.45, 2.75) is 39.7 Å². The smallest absolute Gasteiger partial charge is 0.0725 e. The van der Waals surface area contributed by atoms with Crippen molar-refractivity contribution < 1.29 is 0 Å². The van der Waals surface area contributed by atoms with Gasteiger partial charge in [-0.15, -0.1) is 0 Å². The molecular weight excluding hydrogens is 208 g/mol. The number of pyridine rings is 1. The lowest BCUT2D eigenvalue weighted by atomic mass is 10.1.